The van der Waals surface area contributed by atoms with Crippen LogP contribution >= 0.6 is 0 Å². The van der Waals surface area contributed by atoms with Gasteiger partial charge in [-0.25, -0.2) is 4.68 Å². The Morgan fingerprint density at radius 3 is 2.74 bits per heavy atom. The number of fused-ring (bicyclic) bond motifs is 4. The molecule has 0 saturated heterocycles. The third-order valence-electron chi connectivity index (χ3n) is 6.14. The molecule has 1 aliphatic heterocycles. The fourth-order valence-electron chi connectivity index (χ4n) is 4.60. The summed E-state index contributed by atoms with van der Waals surface area (Å²) >= 11 is 0. The number of nitrogens with one attached hydrogen (secondary N) is 1. The normalized spacial score (nSPS) is 14.7. The molecule has 4 heteroatoms. The first-order chi connectivity index (χ1) is 15.2. The summed E-state index contributed by atoms with van der Waals surface area (Å²) in [6, 6.07) is 21.4. The molecule has 4 aromatic rings. The molecule has 3 aromatic carbocycles. The summed E-state index contributed by atoms with van der Waals surface area (Å²) in [5.41, 5.74) is 6.91. The highest BCUT2D eigenvalue weighted by molar-refractivity contribution is 5.90. The van der Waals surface area contributed by atoms with Gasteiger partial charge < -0.3 is 10.1 Å². The zero-order valence-corrected chi connectivity index (χ0v) is 18.5. The molecule has 0 spiro atoms. The second-order valence-electron chi connectivity index (χ2n) is 8.41. The van der Waals surface area contributed by atoms with Gasteiger partial charge in [0, 0.05) is 16.8 Å². The highest BCUT2D eigenvalue weighted by Crippen LogP contribution is 2.44. The van der Waals surface area contributed by atoms with Gasteiger partial charge in [0.1, 0.15) is 5.75 Å². The first-order valence-corrected chi connectivity index (χ1v) is 11.2. The van der Waals surface area contributed by atoms with E-state index >= 15 is 0 Å². The van der Waals surface area contributed by atoms with Crippen molar-refractivity contribution in [2.45, 2.75) is 46.2 Å². The molecule has 1 aromatic heterocycles. The first kappa shape index (κ1) is 19.7. The Morgan fingerprint density at radius 2 is 1.87 bits per heavy atom. The molecule has 158 valence electrons. The Kier molecular flexibility index (Phi) is 5.14. The van der Waals surface area contributed by atoms with Crippen LogP contribution in [0.4, 0.5) is 5.69 Å². The van der Waals surface area contributed by atoms with Crippen LogP contribution in [0.5, 0.6) is 5.75 Å². The predicted octanol–water partition coefficient (Wildman–Crippen LogP) is 6.86. The van der Waals surface area contributed by atoms with Gasteiger partial charge in [0.05, 0.1) is 18.0 Å². The van der Waals surface area contributed by atoms with Gasteiger partial charge in [0.15, 0.2) is 6.17 Å². The van der Waals surface area contributed by atoms with Gasteiger partial charge >= 0.3 is 0 Å². The van der Waals surface area contributed by atoms with Crippen LogP contribution in [0, 0.1) is 13.8 Å². The lowest BCUT2D eigenvalue weighted by molar-refractivity contribution is 0.301. The number of aryl methyl sites for hydroxylation is 2. The predicted molar refractivity (Wildman–Crippen MR) is 128 cm³/mol. The van der Waals surface area contributed by atoms with Crippen LogP contribution in [0.15, 0.2) is 60.7 Å². The SMILES string of the molecule is CCCCCOc1ccc2ccccc2c1C1Nc2c(C)cccc2-c2cc(C)nn21. The number of hydrogen-bond acceptors (Lipinski definition) is 3. The summed E-state index contributed by atoms with van der Waals surface area (Å²) in [7, 11) is 0. The second kappa shape index (κ2) is 8.10. The molecule has 4 nitrogen and oxygen atoms in total. The molecule has 31 heavy (non-hydrogen) atoms. The Labute approximate surface area is 183 Å². The average Bonchev–Trinajstić information content (AvgIpc) is 3.18. The third kappa shape index (κ3) is 3.46. The van der Waals surface area contributed by atoms with E-state index in [0.29, 0.717) is 0 Å². The fourth-order valence-corrected chi connectivity index (χ4v) is 4.60. The Balaban J connectivity index is 1.68. The second-order valence-corrected chi connectivity index (χ2v) is 8.41. The molecule has 0 aliphatic carbocycles. The highest BCUT2D eigenvalue weighted by Gasteiger charge is 2.30. The molecule has 0 fully saturated rings. The highest BCUT2D eigenvalue weighted by atomic mass is 16.5. The number of para-hydroxylation sites is 1. The van der Waals surface area contributed by atoms with Gasteiger partial charge in [-0.2, -0.15) is 5.10 Å². The molecule has 0 radical (unpaired) electrons. The molecule has 0 saturated carbocycles. The molecular weight excluding hydrogens is 382 g/mol. The fraction of sp³-hybridized carbons (Fsp3) is 0.296. The van der Waals surface area contributed by atoms with Crippen molar-refractivity contribution in [1.29, 1.82) is 0 Å². The van der Waals surface area contributed by atoms with E-state index in [4.69, 9.17) is 9.84 Å². The van der Waals surface area contributed by atoms with Crippen molar-refractivity contribution in [2.75, 3.05) is 11.9 Å². The molecule has 2 heterocycles. The summed E-state index contributed by atoms with van der Waals surface area (Å²) in [5.74, 6) is 0.934. The monoisotopic (exact) mass is 411 g/mol. The Morgan fingerprint density at radius 1 is 1.00 bits per heavy atom. The maximum atomic E-state index is 6.36. The van der Waals surface area contributed by atoms with Crippen molar-refractivity contribution < 1.29 is 4.74 Å². The van der Waals surface area contributed by atoms with Crippen LogP contribution < -0.4 is 10.1 Å². The van der Waals surface area contributed by atoms with Gasteiger partial charge in [-0.05, 0) is 48.7 Å². The number of ether oxygens (including phenoxy) is 1. The van der Waals surface area contributed by atoms with Crippen molar-refractivity contribution in [1.82, 2.24) is 9.78 Å². The van der Waals surface area contributed by atoms with Crippen LogP contribution in [0.2, 0.25) is 0 Å². The molecule has 1 atom stereocenters. The number of unbranched alkanes of at least 4 members (excludes halogenated alkanes) is 2. The van der Waals surface area contributed by atoms with E-state index in [-0.39, 0.29) is 6.17 Å². The molecule has 1 unspecified atom stereocenters. The lowest BCUT2D eigenvalue weighted by atomic mass is 9.97. The van der Waals surface area contributed by atoms with Crippen molar-refractivity contribution in [2.24, 2.45) is 0 Å². The lowest BCUT2D eigenvalue weighted by Gasteiger charge is -2.32. The van der Waals surface area contributed by atoms with E-state index in [1.165, 1.54) is 40.4 Å². The molecule has 0 bridgehead atoms. The maximum Gasteiger partial charge on any atom is 0.151 e. The molecule has 1 aliphatic rings. The Hall–Kier alpha value is -3.27. The van der Waals surface area contributed by atoms with Gasteiger partial charge in [0.2, 0.25) is 0 Å². The zero-order valence-electron chi connectivity index (χ0n) is 18.5. The van der Waals surface area contributed by atoms with Crippen molar-refractivity contribution in [3.05, 3.63) is 77.5 Å². The topological polar surface area (TPSA) is 39.1 Å². The molecule has 5 rings (SSSR count). The van der Waals surface area contributed by atoms with Crippen LogP contribution in [0.25, 0.3) is 22.0 Å². The van der Waals surface area contributed by atoms with Gasteiger partial charge in [-0.15, -0.1) is 0 Å². The molecular formula is C27H29N3O. The van der Waals surface area contributed by atoms with Crippen molar-refractivity contribution in [3.8, 4) is 17.0 Å². The van der Waals surface area contributed by atoms with Gasteiger partial charge in [-0.1, -0.05) is 68.3 Å². The summed E-state index contributed by atoms with van der Waals surface area (Å²) in [4.78, 5) is 0. The largest absolute Gasteiger partial charge is 0.493 e. The number of rotatable bonds is 6. The van der Waals surface area contributed by atoms with Crippen LogP contribution in [-0.4, -0.2) is 16.4 Å². The van der Waals surface area contributed by atoms with Gasteiger partial charge in [-0.3, -0.25) is 0 Å². The number of anilines is 1. The standard InChI is InChI=1S/C27H29N3O/c1-4-5-8-16-31-24-15-14-20-11-6-7-12-21(20)25(24)27-28-26-18(2)10-9-13-22(26)23-17-19(3)29-30(23)27/h6-7,9-15,17,27-28H,4-5,8,16H2,1-3H3. The average molecular weight is 412 g/mol. The smallest absolute Gasteiger partial charge is 0.151 e. The van der Waals surface area contributed by atoms with E-state index in [1.54, 1.807) is 0 Å². The van der Waals surface area contributed by atoms with Gasteiger partial charge in [0.25, 0.3) is 0 Å². The van der Waals surface area contributed by atoms with Crippen LogP contribution in [0.1, 0.15) is 49.2 Å². The number of nitrogens with zero attached hydrogens (tertiary/aromatic N) is 2. The summed E-state index contributed by atoms with van der Waals surface area (Å²) < 4.78 is 8.48. The van der Waals surface area contributed by atoms with Crippen LogP contribution in [0.3, 0.4) is 0 Å². The minimum atomic E-state index is -0.135. The summed E-state index contributed by atoms with van der Waals surface area (Å²) in [6.07, 6.45) is 3.29. The van der Waals surface area contributed by atoms with Crippen molar-refractivity contribution in [3.63, 3.8) is 0 Å². The van der Waals surface area contributed by atoms with Crippen LogP contribution in [-0.2, 0) is 0 Å². The molecule has 0 amide bonds. The third-order valence-corrected chi connectivity index (χ3v) is 6.14. The maximum absolute atomic E-state index is 6.36. The van der Waals surface area contributed by atoms with E-state index in [0.717, 1.165) is 35.7 Å². The summed E-state index contributed by atoms with van der Waals surface area (Å²) in [5, 5.41) is 11.1. The summed E-state index contributed by atoms with van der Waals surface area (Å²) in [6.45, 7) is 7.16. The minimum Gasteiger partial charge on any atom is -0.493 e. The zero-order chi connectivity index (χ0) is 21.4. The number of hydrogen-bond donors (Lipinski definition) is 1. The molecule has 1 N–H and O–H groups in total. The number of benzene rings is 3. The lowest BCUT2D eigenvalue weighted by Crippen LogP contribution is -2.27. The van der Waals surface area contributed by atoms with E-state index in [1.807, 2.05) is 0 Å². The minimum absolute atomic E-state index is 0.135. The quantitative estimate of drug-likeness (QED) is 0.352. The van der Waals surface area contributed by atoms with E-state index in [2.05, 4.69) is 91.4 Å². The van der Waals surface area contributed by atoms with E-state index in [9.17, 15) is 0 Å². The number of aromatic nitrogens is 2. The Bertz CT molecular complexity index is 1240. The van der Waals surface area contributed by atoms with E-state index < -0.39 is 0 Å². The van der Waals surface area contributed by atoms with Crippen molar-refractivity contribution >= 4 is 16.5 Å². The first-order valence-electron chi connectivity index (χ1n) is 11.2.